The lowest BCUT2D eigenvalue weighted by Gasteiger charge is -2.37. The van der Waals surface area contributed by atoms with Gasteiger partial charge in [-0.2, -0.15) is 34.8 Å². The number of sulfonamides is 1. The molecular weight excluding hydrogens is 708 g/mol. The number of methoxy groups -OCH3 is 2. The van der Waals surface area contributed by atoms with Gasteiger partial charge in [0.05, 0.1) is 30.7 Å². The van der Waals surface area contributed by atoms with Gasteiger partial charge in [0.25, 0.3) is 0 Å². The van der Waals surface area contributed by atoms with Crippen LogP contribution in [0.5, 0.6) is 0 Å². The number of ketones is 1. The van der Waals surface area contributed by atoms with Crippen LogP contribution in [0.4, 0.5) is 32.0 Å². The van der Waals surface area contributed by atoms with Gasteiger partial charge in [0.15, 0.2) is 5.78 Å². The zero-order valence-electron chi connectivity index (χ0n) is 27.9. The van der Waals surface area contributed by atoms with Crippen molar-refractivity contribution in [2.45, 2.75) is 77.7 Å². The van der Waals surface area contributed by atoms with Crippen molar-refractivity contribution < 1.29 is 67.4 Å². The molecule has 1 unspecified atom stereocenters. The number of anilines is 1. The van der Waals surface area contributed by atoms with Crippen molar-refractivity contribution in [1.82, 2.24) is 0 Å². The molecule has 4 bridgehead atoms. The molecule has 5 rings (SSSR count). The van der Waals surface area contributed by atoms with Crippen molar-refractivity contribution >= 4 is 44.5 Å². The zero-order chi connectivity index (χ0) is 38.0. The molecule has 1 aromatic carbocycles. The summed E-state index contributed by atoms with van der Waals surface area (Å²) >= 11 is -3.93. The van der Waals surface area contributed by atoms with Crippen LogP contribution < -0.4 is 4.72 Å². The summed E-state index contributed by atoms with van der Waals surface area (Å²) in [5.41, 5.74) is -10.6. The zero-order valence-corrected chi connectivity index (χ0v) is 29.5. The molecule has 0 aromatic heterocycles. The number of halogens is 6. The van der Waals surface area contributed by atoms with E-state index >= 15 is 0 Å². The smallest absolute Gasteiger partial charge is 0.516 e. The van der Waals surface area contributed by atoms with Crippen molar-refractivity contribution in [2.75, 3.05) is 18.9 Å². The van der Waals surface area contributed by atoms with E-state index in [-0.39, 0.29) is 39.7 Å². The van der Waals surface area contributed by atoms with Crippen molar-refractivity contribution in [3.8, 4) is 0 Å². The van der Waals surface area contributed by atoms with E-state index in [1.165, 1.54) is 48.8 Å². The van der Waals surface area contributed by atoms with E-state index in [2.05, 4.69) is 26.8 Å². The number of benzene rings is 1. The Balaban J connectivity index is 0.000000233. The number of carbonyl (C=O) groups is 3. The van der Waals surface area contributed by atoms with Crippen LogP contribution in [-0.2, 0) is 45.0 Å². The maximum Gasteiger partial charge on any atom is 0.516 e. The predicted octanol–water partition coefficient (Wildman–Crippen LogP) is 6.43. The maximum atomic E-state index is 12.0. The van der Waals surface area contributed by atoms with Crippen LogP contribution in [0.1, 0.15) is 66.7 Å². The first-order valence-corrected chi connectivity index (χ1v) is 17.5. The minimum atomic E-state index is -5.30. The number of nitrogens with one attached hydrogen (secondary N) is 1. The lowest BCUT2D eigenvalue weighted by Crippen LogP contribution is -2.44. The molecule has 18 heteroatoms. The van der Waals surface area contributed by atoms with Gasteiger partial charge < -0.3 is 14.0 Å². The summed E-state index contributed by atoms with van der Waals surface area (Å²) in [7, 11) is -2.44. The molecule has 4 aliphatic carbocycles. The number of hydrogen-bond donors (Lipinski definition) is 1. The Morgan fingerprint density at radius 1 is 0.898 bits per heavy atom. The fraction of sp³-hybridized carbons (Fsp3) is 0.645. The highest BCUT2D eigenvalue weighted by atomic mass is 32.2. The van der Waals surface area contributed by atoms with Gasteiger partial charge in [0.2, 0.25) is 0 Å². The Morgan fingerprint density at radius 3 is 1.69 bits per heavy atom. The average Bonchev–Trinajstić information content (AvgIpc) is 3.55. The first-order chi connectivity index (χ1) is 22.2. The third-order valence-corrected chi connectivity index (χ3v) is 12.0. The molecule has 1 aromatic rings. The number of alkyl halides is 6. The summed E-state index contributed by atoms with van der Waals surface area (Å²) in [4.78, 5) is 35.6. The molecule has 0 heterocycles. The van der Waals surface area contributed by atoms with E-state index in [0.29, 0.717) is 24.7 Å². The fourth-order valence-electron chi connectivity index (χ4n) is 7.56. The Kier molecular flexibility index (Phi) is 12.7. The highest BCUT2D eigenvalue weighted by molar-refractivity contribution is 7.93. The second-order valence-electron chi connectivity index (χ2n) is 13.2. The number of allylic oxidation sites excluding steroid dienone is 1. The van der Waals surface area contributed by atoms with Gasteiger partial charge in [-0.25, -0.2) is 0 Å². The molecule has 3 fully saturated rings. The lowest BCUT2D eigenvalue weighted by atomic mass is 9.66. The summed E-state index contributed by atoms with van der Waals surface area (Å²) in [6.45, 7) is 10.5. The van der Waals surface area contributed by atoms with Crippen molar-refractivity contribution in [1.29, 1.82) is 0 Å². The van der Waals surface area contributed by atoms with Gasteiger partial charge in [-0.05, 0) is 67.4 Å². The summed E-state index contributed by atoms with van der Waals surface area (Å²) in [6.07, 6.45) is 6.56. The van der Waals surface area contributed by atoms with Gasteiger partial charge in [-0.3, -0.25) is 23.3 Å². The highest BCUT2D eigenvalue weighted by Gasteiger charge is 2.69. The topological polar surface area (TPSA) is 156 Å². The fourth-order valence-corrected chi connectivity index (χ4v) is 8.12. The number of para-hydroxylation sites is 1. The predicted molar refractivity (Wildman–Crippen MR) is 165 cm³/mol. The maximum absolute atomic E-state index is 12.0. The summed E-state index contributed by atoms with van der Waals surface area (Å²) < 4.78 is 117. The van der Waals surface area contributed by atoms with Crippen LogP contribution in [0, 0.1) is 33.5 Å². The SMILES string of the molecule is COC(=O)[C@]12CC[C@H](C=C1C)C2(C)C.COC(=O)[C@]12CC[C@H](CC1=O)C2(C)C.O=S(=O)(Nc1ccccc1)C(F)(F)F.O=S([O-])C(F)(F)F. The van der Waals surface area contributed by atoms with Crippen molar-refractivity contribution in [2.24, 2.45) is 33.5 Å². The monoisotopic (exact) mass is 748 g/mol. The number of Topliss-reactive ketones (excluding diaryl/α,β-unsaturated/α-hetero) is 1. The van der Waals surface area contributed by atoms with Gasteiger partial charge in [0, 0.05) is 12.1 Å². The van der Waals surface area contributed by atoms with E-state index in [0.717, 1.165) is 19.3 Å². The molecule has 3 saturated carbocycles. The second-order valence-corrected chi connectivity index (χ2v) is 15.8. The van der Waals surface area contributed by atoms with Gasteiger partial charge in [-0.15, -0.1) is 0 Å². The Bertz CT molecular complexity index is 1540. The quantitative estimate of drug-likeness (QED) is 0.121. The standard InChI is InChI=1S/C12H18O2.C11H16O3.C7H6F3NO2S.CHF3O2S/c1-8-7-9-5-6-12(8,10(13)14-4)11(9,2)3;1-10(2)7-4-5-11(10,8(12)6-7)9(13)14-3;8-7(9,10)14(12,13)11-6-4-2-1-3-5-6;2-1(3,4)7(5)6/h7,9H,5-6H2,1-4H3;7H,4-6H2,1-3H3;1-5,11H;(H,5,6)/p-1/t9-,12+;7-,11+;;/m11../s1. The number of hydrogen-bond acceptors (Lipinski definition) is 9. The largest absolute Gasteiger partial charge is 0.766 e. The molecule has 1 N–H and O–H groups in total. The first-order valence-electron chi connectivity index (χ1n) is 14.9. The van der Waals surface area contributed by atoms with Crippen molar-refractivity contribution in [3.63, 3.8) is 0 Å². The molecule has 4 aliphatic rings. The first kappa shape index (κ1) is 42.2. The van der Waals surface area contributed by atoms with E-state index in [1.54, 1.807) is 6.07 Å². The van der Waals surface area contributed by atoms with Crippen molar-refractivity contribution in [3.05, 3.63) is 42.0 Å². The summed E-state index contributed by atoms with van der Waals surface area (Å²) in [6, 6.07) is 6.86. The summed E-state index contributed by atoms with van der Waals surface area (Å²) in [5, 5.41) is 0. The number of fused-ring (bicyclic) bond motifs is 4. The molecular formula is C31H40F6NO9S2-. The Hall–Kier alpha value is -2.99. The third kappa shape index (κ3) is 7.85. The van der Waals surface area contributed by atoms with E-state index < -0.39 is 37.5 Å². The minimum Gasteiger partial charge on any atom is -0.766 e. The molecule has 10 nitrogen and oxygen atoms in total. The van der Waals surface area contributed by atoms with E-state index in [4.69, 9.17) is 18.2 Å². The van der Waals surface area contributed by atoms with Crippen LogP contribution in [-0.4, -0.2) is 60.1 Å². The van der Waals surface area contributed by atoms with E-state index in [9.17, 15) is 49.1 Å². The molecule has 0 saturated heterocycles. The third-order valence-electron chi connectivity index (χ3n) is 10.5. The minimum absolute atomic E-state index is 0.0451. The normalized spacial score (nSPS) is 28.0. The van der Waals surface area contributed by atoms with E-state index in [1.807, 2.05) is 13.8 Å². The Morgan fingerprint density at radius 2 is 1.37 bits per heavy atom. The van der Waals surface area contributed by atoms with Crippen LogP contribution in [0.3, 0.4) is 0 Å². The van der Waals surface area contributed by atoms with Gasteiger partial charge >= 0.3 is 33.0 Å². The summed E-state index contributed by atoms with van der Waals surface area (Å²) in [5.74, 6) is 0.644. The molecule has 5 atom stereocenters. The molecule has 0 aliphatic heterocycles. The Labute approximate surface area is 283 Å². The molecule has 0 radical (unpaired) electrons. The van der Waals surface area contributed by atoms with Gasteiger partial charge in [-0.1, -0.05) is 57.5 Å². The lowest BCUT2D eigenvalue weighted by molar-refractivity contribution is -0.161. The number of ether oxygens (including phenoxy) is 2. The van der Waals surface area contributed by atoms with Crippen LogP contribution in [0.25, 0.3) is 0 Å². The number of rotatable bonds is 4. The molecule has 0 spiro atoms. The number of carbonyl (C=O) groups excluding carboxylic acids is 3. The molecule has 49 heavy (non-hydrogen) atoms. The molecule has 0 amide bonds. The van der Waals surface area contributed by atoms with Crippen LogP contribution in [0.2, 0.25) is 0 Å². The number of esters is 2. The average molecular weight is 749 g/mol. The van der Waals surface area contributed by atoms with Gasteiger partial charge in [0.1, 0.15) is 5.41 Å². The van der Waals surface area contributed by atoms with Crippen LogP contribution >= 0.6 is 0 Å². The highest BCUT2D eigenvalue weighted by Crippen LogP contribution is 2.66. The molecule has 278 valence electrons. The second kappa shape index (κ2) is 14.7. The van der Waals surface area contributed by atoms with Crippen LogP contribution in [0.15, 0.2) is 42.0 Å².